The lowest BCUT2D eigenvalue weighted by Crippen LogP contribution is -2.31. The van der Waals surface area contributed by atoms with E-state index in [2.05, 4.69) is 10.5 Å². The Morgan fingerprint density at radius 2 is 2.22 bits per heavy atom. The number of nitriles is 2. The molecule has 1 aromatic heterocycles. The van der Waals surface area contributed by atoms with E-state index in [0.717, 1.165) is 0 Å². The number of rotatable bonds is 3. The Kier molecular flexibility index (Phi) is 3.11. The van der Waals surface area contributed by atoms with Gasteiger partial charge in [0.2, 0.25) is 5.91 Å². The van der Waals surface area contributed by atoms with Gasteiger partial charge in [-0.3, -0.25) is 4.79 Å². The van der Waals surface area contributed by atoms with E-state index in [1.807, 2.05) is 12.1 Å². The highest BCUT2D eigenvalue weighted by atomic mass is 16.3. The summed E-state index contributed by atoms with van der Waals surface area (Å²) >= 11 is 0. The maximum Gasteiger partial charge on any atom is 0.249 e. The highest BCUT2D eigenvalue weighted by molar-refractivity contribution is 6.07. The Hall–Kier alpha value is -2.60. The fourth-order valence-electron chi connectivity index (χ4n) is 2.09. The Morgan fingerprint density at radius 3 is 2.67 bits per heavy atom. The summed E-state index contributed by atoms with van der Waals surface area (Å²) in [5.41, 5.74) is 2.91. The highest BCUT2D eigenvalue weighted by Crippen LogP contribution is 2.35. The quantitative estimate of drug-likeness (QED) is 0.858. The van der Waals surface area contributed by atoms with Gasteiger partial charge in [-0.15, -0.1) is 0 Å². The van der Waals surface area contributed by atoms with Crippen LogP contribution in [-0.4, -0.2) is 11.6 Å². The Morgan fingerprint density at radius 1 is 1.50 bits per heavy atom. The summed E-state index contributed by atoms with van der Waals surface area (Å²) in [5.74, 6) is -2.11. The first kappa shape index (κ1) is 11.9. The molecule has 0 spiro atoms. The molecule has 1 aliphatic heterocycles. The van der Waals surface area contributed by atoms with E-state index in [4.69, 9.17) is 14.9 Å². The molecule has 0 aliphatic carbocycles. The summed E-state index contributed by atoms with van der Waals surface area (Å²) in [7, 11) is 0. The van der Waals surface area contributed by atoms with E-state index in [-0.39, 0.29) is 5.91 Å². The lowest BCUT2D eigenvalue weighted by atomic mass is 9.79. The van der Waals surface area contributed by atoms with Crippen molar-refractivity contribution in [1.82, 2.24) is 5.43 Å². The van der Waals surface area contributed by atoms with E-state index in [9.17, 15) is 4.79 Å². The normalized spacial score (nSPS) is 19.9. The average Bonchev–Trinajstić information content (AvgIpc) is 2.99. The van der Waals surface area contributed by atoms with Gasteiger partial charge < -0.3 is 4.42 Å². The summed E-state index contributed by atoms with van der Waals surface area (Å²) in [6, 6.07) is 7.12. The smallest absolute Gasteiger partial charge is 0.249 e. The highest BCUT2D eigenvalue weighted by Gasteiger charge is 2.42. The Bertz CT molecular complexity index is 548. The van der Waals surface area contributed by atoms with Crippen LogP contribution in [0.15, 0.2) is 27.9 Å². The number of hydrogen-bond acceptors (Lipinski definition) is 5. The van der Waals surface area contributed by atoms with Crippen molar-refractivity contribution < 1.29 is 9.21 Å². The largest absolute Gasteiger partial charge is 0.469 e. The first-order chi connectivity index (χ1) is 8.69. The van der Waals surface area contributed by atoms with Crippen molar-refractivity contribution in [3.63, 3.8) is 0 Å². The average molecular weight is 242 g/mol. The number of amides is 1. The topological polar surface area (TPSA) is 102 Å². The minimum absolute atomic E-state index is 0.315. The monoisotopic (exact) mass is 242 g/mol. The van der Waals surface area contributed by atoms with Crippen molar-refractivity contribution in [2.45, 2.75) is 12.8 Å². The van der Waals surface area contributed by atoms with Crippen LogP contribution in [0.4, 0.5) is 0 Å². The van der Waals surface area contributed by atoms with Gasteiger partial charge in [0.05, 0.1) is 30.2 Å². The Labute approximate surface area is 104 Å². The number of nitrogens with zero attached hydrogens (tertiary/aromatic N) is 3. The van der Waals surface area contributed by atoms with Crippen LogP contribution in [-0.2, 0) is 4.79 Å². The molecule has 90 valence electrons. The summed E-state index contributed by atoms with van der Waals surface area (Å²) in [5, 5.41) is 21.9. The van der Waals surface area contributed by atoms with Gasteiger partial charge in [-0.25, -0.2) is 5.43 Å². The number of nitrogens with one attached hydrogen (secondary N) is 1. The van der Waals surface area contributed by atoms with Crippen molar-refractivity contribution in [2.24, 2.45) is 16.9 Å². The second-order valence-corrected chi connectivity index (χ2v) is 3.98. The first-order valence-corrected chi connectivity index (χ1v) is 5.35. The van der Waals surface area contributed by atoms with Crippen LogP contribution in [0.5, 0.6) is 0 Å². The number of hydrogen-bond donors (Lipinski definition) is 1. The van der Waals surface area contributed by atoms with Crippen LogP contribution in [0, 0.1) is 34.5 Å². The summed E-state index contributed by atoms with van der Waals surface area (Å²) in [4.78, 5) is 11.8. The van der Waals surface area contributed by atoms with Crippen molar-refractivity contribution in [3.05, 3.63) is 24.2 Å². The SMILES string of the molecule is CC1=NNC(=O)[C@H]1[C@H](c1ccco1)C(C#N)C#N. The molecule has 1 N–H and O–H groups in total. The molecule has 0 radical (unpaired) electrons. The molecular weight excluding hydrogens is 232 g/mol. The second-order valence-electron chi connectivity index (χ2n) is 3.98. The predicted molar refractivity (Wildman–Crippen MR) is 60.9 cm³/mol. The van der Waals surface area contributed by atoms with Gasteiger partial charge >= 0.3 is 0 Å². The molecule has 18 heavy (non-hydrogen) atoms. The maximum atomic E-state index is 11.8. The number of furan rings is 1. The molecular formula is C12H10N4O2. The third-order valence-corrected chi connectivity index (χ3v) is 2.94. The molecule has 2 heterocycles. The lowest BCUT2D eigenvalue weighted by molar-refractivity contribution is -0.122. The van der Waals surface area contributed by atoms with Gasteiger partial charge in [0.25, 0.3) is 0 Å². The molecule has 0 saturated heterocycles. The summed E-state index contributed by atoms with van der Waals surface area (Å²) < 4.78 is 5.25. The van der Waals surface area contributed by atoms with E-state index < -0.39 is 17.8 Å². The third-order valence-electron chi connectivity index (χ3n) is 2.94. The minimum atomic E-state index is -0.963. The van der Waals surface area contributed by atoms with Gasteiger partial charge in [-0.2, -0.15) is 15.6 Å². The van der Waals surface area contributed by atoms with Gasteiger partial charge in [0.15, 0.2) is 0 Å². The van der Waals surface area contributed by atoms with E-state index >= 15 is 0 Å². The van der Waals surface area contributed by atoms with E-state index in [1.165, 1.54) is 6.26 Å². The van der Waals surface area contributed by atoms with E-state index in [1.54, 1.807) is 19.1 Å². The summed E-state index contributed by atoms with van der Waals surface area (Å²) in [6.07, 6.45) is 1.45. The molecule has 2 rings (SSSR count). The molecule has 0 saturated carbocycles. The van der Waals surface area contributed by atoms with Crippen molar-refractivity contribution in [3.8, 4) is 12.1 Å². The van der Waals surface area contributed by atoms with Crippen LogP contribution in [0.2, 0.25) is 0 Å². The first-order valence-electron chi connectivity index (χ1n) is 5.35. The molecule has 1 aromatic rings. The van der Waals surface area contributed by atoms with E-state index in [0.29, 0.717) is 11.5 Å². The molecule has 1 aliphatic rings. The molecule has 2 atom stereocenters. The van der Waals surface area contributed by atoms with Gasteiger partial charge in [0, 0.05) is 5.71 Å². The van der Waals surface area contributed by atoms with Crippen molar-refractivity contribution >= 4 is 11.6 Å². The molecule has 0 bridgehead atoms. The standard InChI is InChI=1S/C12H10N4O2/c1-7-10(12(17)16-15-7)11(8(5-13)6-14)9-3-2-4-18-9/h2-4,8,10-11H,1H3,(H,16,17)/t10-,11+/m1/s1. The Balaban J connectivity index is 2.44. The summed E-state index contributed by atoms with van der Waals surface area (Å²) in [6.45, 7) is 1.68. The zero-order chi connectivity index (χ0) is 13.1. The van der Waals surface area contributed by atoms with Gasteiger partial charge in [-0.05, 0) is 19.1 Å². The fourth-order valence-corrected chi connectivity index (χ4v) is 2.09. The zero-order valence-corrected chi connectivity index (χ0v) is 9.62. The van der Waals surface area contributed by atoms with Crippen LogP contribution in [0.3, 0.4) is 0 Å². The van der Waals surface area contributed by atoms with Crippen molar-refractivity contribution in [1.29, 1.82) is 10.5 Å². The third kappa shape index (κ3) is 1.85. The van der Waals surface area contributed by atoms with Crippen LogP contribution >= 0.6 is 0 Å². The molecule has 6 heteroatoms. The fraction of sp³-hybridized carbons (Fsp3) is 0.333. The number of carbonyl (C=O) groups excluding carboxylic acids is 1. The van der Waals surface area contributed by atoms with Gasteiger partial charge in [0.1, 0.15) is 11.7 Å². The number of carbonyl (C=O) groups is 1. The lowest BCUT2D eigenvalue weighted by Gasteiger charge is -2.20. The predicted octanol–water partition coefficient (Wildman–Crippen LogP) is 1.15. The molecule has 0 unspecified atom stereocenters. The van der Waals surface area contributed by atoms with Crippen LogP contribution in [0.25, 0.3) is 0 Å². The molecule has 0 fully saturated rings. The van der Waals surface area contributed by atoms with Crippen LogP contribution < -0.4 is 5.43 Å². The number of hydrazone groups is 1. The van der Waals surface area contributed by atoms with Crippen LogP contribution in [0.1, 0.15) is 18.6 Å². The zero-order valence-electron chi connectivity index (χ0n) is 9.62. The second kappa shape index (κ2) is 4.72. The van der Waals surface area contributed by atoms with Gasteiger partial charge in [-0.1, -0.05) is 0 Å². The molecule has 6 nitrogen and oxygen atoms in total. The van der Waals surface area contributed by atoms with Crippen molar-refractivity contribution in [2.75, 3.05) is 0 Å². The molecule has 1 amide bonds. The maximum absolute atomic E-state index is 11.8. The molecule has 0 aromatic carbocycles. The minimum Gasteiger partial charge on any atom is -0.469 e.